The monoisotopic (exact) mass is 423 g/mol. The van der Waals surface area contributed by atoms with E-state index in [-0.39, 0.29) is 5.82 Å². The molecule has 0 spiro atoms. The van der Waals surface area contributed by atoms with Gasteiger partial charge in [0.15, 0.2) is 5.82 Å². The number of nitrogens with zero attached hydrogens (tertiary/aromatic N) is 3. The lowest BCUT2D eigenvalue weighted by Crippen LogP contribution is -2.10. The average Bonchev–Trinajstić information content (AvgIpc) is 3.10. The highest BCUT2D eigenvalue weighted by Crippen LogP contribution is 2.14. The molecule has 6 heteroatoms. The molecular formula is C24H45N3O3. The predicted octanol–water partition coefficient (Wildman–Crippen LogP) is 7.38. The Morgan fingerprint density at radius 1 is 0.833 bits per heavy atom. The van der Waals surface area contributed by atoms with Gasteiger partial charge in [0.25, 0.3) is 0 Å². The van der Waals surface area contributed by atoms with E-state index in [1.54, 1.807) is 11.5 Å². The summed E-state index contributed by atoms with van der Waals surface area (Å²) in [5.41, 5.74) is 0. The third-order valence-corrected chi connectivity index (χ3v) is 5.82. The van der Waals surface area contributed by atoms with Crippen LogP contribution in [0.5, 0.6) is 0 Å². The summed E-state index contributed by atoms with van der Waals surface area (Å²) in [6.45, 7) is 5.78. The topological polar surface area (TPSA) is 70.2 Å². The molecule has 0 saturated carbocycles. The number of aryl methyl sites for hydroxylation is 1. The van der Waals surface area contributed by atoms with Crippen molar-refractivity contribution in [3.05, 3.63) is 22.1 Å². The molecule has 0 unspecified atom stereocenters. The van der Waals surface area contributed by atoms with Crippen molar-refractivity contribution in [2.45, 2.75) is 123 Å². The summed E-state index contributed by atoms with van der Waals surface area (Å²) in [6, 6.07) is 0. The highest BCUT2D eigenvalue weighted by Gasteiger charge is 2.16. The molecule has 0 N–H and O–H groups in total. The van der Waals surface area contributed by atoms with Crippen LogP contribution in [0.25, 0.3) is 0 Å². The Morgan fingerprint density at radius 3 is 1.77 bits per heavy atom. The zero-order valence-corrected chi connectivity index (χ0v) is 19.6. The number of nitro groups is 1. The van der Waals surface area contributed by atoms with E-state index in [0.29, 0.717) is 19.0 Å². The Balaban J connectivity index is 1.80. The van der Waals surface area contributed by atoms with Crippen molar-refractivity contribution in [2.24, 2.45) is 0 Å². The van der Waals surface area contributed by atoms with E-state index in [4.69, 9.17) is 4.74 Å². The van der Waals surface area contributed by atoms with Crippen molar-refractivity contribution >= 4 is 5.82 Å². The third-order valence-electron chi connectivity index (χ3n) is 5.82. The van der Waals surface area contributed by atoms with Gasteiger partial charge in [-0.1, -0.05) is 103 Å². The van der Waals surface area contributed by atoms with Crippen LogP contribution in [-0.2, 0) is 11.3 Å². The van der Waals surface area contributed by atoms with Crippen molar-refractivity contribution in [3.8, 4) is 0 Å². The Bertz CT molecular complexity index is 546. The quantitative estimate of drug-likeness (QED) is 0.117. The van der Waals surface area contributed by atoms with Gasteiger partial charge < -0.3 is 14.9 Å². The fraction of sp³-hybridized carbons (Fsp3) is 0.875. The van der Waals surface area contributed by atoms with Gasteiger partial charge in [-0.15, -0.1) is 0 Å². The summed E-state index contributed by atoms with van der Waals surface area (Å²) in [7, 11) is 0. The second-order valence-electron chi connectivity index (χ2n) is 8.49. The van der Waals surface area contributed by atoms with Gasteiger partial charge in [-0.2, -0.15) is 0 Å². The van der Waals surface area contributed by atoms with Crippen molar-refractivity contribution in [1.29, 1.82) is 0 Å². The van der Waals surface area contributed by atoms with E-state index in [2.05, 4.69) is 11.9 Å². The van der Waals surface area contributed by atoms with Crippen LogP contribution in [0.4, 0.5) is 5.82 Å². The second kappa shape index (κ2) is 18.3. The second-order valence-corrected chi connectivity index (χ2v) is 8.49. The summed E-state index contributed by atoms with van der Waals surface area (Å²) in [4.78, 5) is 14.6. The highest BCUT2D eigenvalue weighted by atomic mass is 16.6. The van der Waals surface area contributed by atoms with E-state index < -0.39 is 4.92 Å². The molecule has 0 aliphatic carbocycles. The number of ether oxygens (including phenoxy) is 1. The molecule has 30 heavy (non-hydrogen) atoms. The first-order valence-electron chi connectivity index (χ1n) is 12.4. The SMILES string of the molecule is CCCCCCCCCCCCCCCCCCOCCn1c([N+](=O)[O-])cnc1C. The Morgan fingerprint density at radius 2 is 1.30 bits per heavy atom. The number of hydrogen-bond acceptors (Lipinski definition) is 4. The van der Waals surface area contributed by atoms with E-state index in [1.165, 1.54) is 103 Å². The van der Waals surface area contributed by atoms with Gasteiger partial charge in [-0.25, -0.2) is 9.55 Å². The number of aromatic nitrogens is 2. The molecule has 1 aromatic rings. The standard InChI is InChI=1S/C24H45N3O3/c1-3-4-5-6-7-8-9-10-11-12-13-14-15-16-17-18-20-30-21-19-26-23(2)25-22-24(26)27(28)29/h22H,3-21H2,1-2H3. The van der Waals surface area contributed by atoms with E-state index in [1.807, 2.05) is 0 Å². The predicted molar refractivity (Wildman–Crippen MR) is 124 cm³/mol. The molecule has 1 aromatic heterocycles. The minimum absolute atomic E-state index is 0.0403. The minimum atomic E-state index is -0.393. The molecule has 0 aromatic carbocycles. The molecule has 0 radical (unpaired) electrons. The summed E-state index contributed by atoms with van der Waals surface area (Å²) in [5.74, 6) is 0.700. The fourth-order valence-electron chi connectivity index (χ4n) is 3.89. The van der Waals surface area contributed by atoms with E-state index >= 15 is 0 Å². The maximum Gasteiger partial charge on any atom is 0.342 e. The first-order valence-corrected chi connectivity index (χ1v) is 12.4. The van der Waals surface area contributed by atoms with Crippen LogP contribution in [0.1, 0.15) is 115 Å². The van der Waals surface area contributed by atoms with Gasteiger partial charge >= 0.3 is 5.82 Å². The summed E-state index contributed by atoms with van der Waals surface area (Å²) >= 11 is 0. The lowest BCUT2D eigenvalue weighted by molar-refractivity contribution is -0.392. The van der Waals surface area contributed by atoms with Crippen LogP contribution in [0.2, 0.25) is 0 Å². The summed E-state index contributed by atoms with van der Waals surface area (Å²) in [6.07, 6.45) is 23.1. The lowest BCUT2D eigenvalue weighted by Gasteiger charge is -2.05. The molecule has 1 rings (SSSR count). The summed E-state index contributed by atoms with van der Waals surface area (Å²) < 4.78 is 7.25. The molecule has 1 heterocycles. The molecule has 0 fully saturated rings. The van der Waals surface area contributed by atoms with E-state index in [9.17, 15) is 10.1 Å². The molecule has 0 bridgehead atoms. The van der Waals surface area contributed by atoms with Crippen molar-refractivity contribution in [1.82, 2.24) is 9.55 Å². The first-order chi connectivity index (χ1) is 14.7. The van der Waals surface area contributed by atoms with Gasteiger partial charge in [0.05, 0.1) is 6.61 Å². The van der Waals surface area contributed by atoms with Gasteiger partial charge in [0, 0.05) is 13.5 Å². The smallest absolute Gasteiger partial charge is 0.342 e. The summed E-state index contributed by atoms with van der Waals surface area (Å²) in [5, 5.41) is 10.9. The van der Waals surface area contributed by atoms with Crippen LogP contribution in [-0.4, -0.2) is 27.7 Å². The Kier molecular flexibility index (Phi) is 16.3. The zero-order chi connectivity index (χ0) is 21.9. The number of imidazole rings is 1. The Hall–Kier alpha value is -1.43. The largest absolute Gasteiger partial charge is 0.377 e. The Labute approximate surface area is 184 Å². The number of hydrogen-bond donors (Lipinski definition) is 0. The van der Waals surface area contributed by atoms with Gasteiger partial charge in [0.1, 0.15) is 12.7 Å². The molecule has 6 nitrogen and oxygen atoms in total. The molecule has 0 aliphatic heterocycles. The molecule has 0 aliphatic rings. The van der Waals surface area contributed by atoms with Crippen LogP contribution in [0.3, 0.4) is 0 Å². The van der Waals surface area contributed by atoms with Gasteiger partial charge in [-0.05, 0) is 11.3 Å². The van der Waals surface area contributed by atoms with Crippen LogP contribution in [0.15, 0.2) is 6.20 Å². The first kappa shape index (κ1) is 26.6. The average molecular weight is 424 g/mol. The van der Waals surface area contributed by atoms with E-state index in [0.717, 1.165) is 13.0 Å². The fourth-order valence-corrected chi connectivity index (χ4v) is 3.89. The molecule has 174 valence electrons. The number of rotatable bonds is 21. The maximum absolute atomic E-state index is 10.9. The highest BCUT2D eigenvalue weighted by molar-refractivity contribution is 5.18. The molecule has 0 saturated heterocycles. The number of unbranched alkanes of at least 4 members (excludes halogenated alkanes) is 15. The van der Waals surface area contributed by atoms with Crippen molar-refractivity contribution in [3.63, 3.8) is 0 Å². The maximum atomic E-state index is 10.9. The van der Waals surface area contributed by atoms with Crippen LogP contribution < -0.4 is 0 Å². The molecular weight excluding hydrogens is 378 g/mol. The normalized spacial score (nSPS) is 11.3. The minimum Gasteiger partial charge on any atom is -0.377 e. The zero-order valence-electron chi connectivity index (χ0n) is 19.6. The molecule has 0 atom stereocenters. The van der Waals surface area contributed by atoms with Crippen molar-refractivity contribution in [2.75, 3.05) is 13.2 Å². The third kappa shape index (κ3) is 13.0. The van der Waals surface area contributed by atoms with Gasteiger partial charge in [0.2, 0.25) is 0 Å². The van der Waals surface area contributed by atoms with Crippen molar-refractivity contribution < 1.29 is 9.66 Å². The molecule has 0 amide bonds. The van der Waals surface area contributed by atoms with Gasteiger partial charge in [-0.3, -0.25) is 0 Å². The lowest BCUT2D eigenvalue weighted by atomic mass is 10.0. The van der Waals surface area contributed by atoms with Crippen LogP contribution >= 0.6 is 0 Å². The van der Waals surface area contributed by atoms with Crippen LogP contribution in [0, 0.1) is 17.0 Å².